The molecule has 1 fully saturated rings. The maximum Gasteiger partial charge on any atom is 0.245 e. The summed E-state index contributed by atoms with van der Waals surface area (Å²) in [5.41, 5.74) is 6.07. The van der Waals surface area contributed by atoms with E-state index < -0.39 is 0 Å². The molecule has 1 aromatic rings. The number of carbonyl (C=O) groups excluding carboxylic acids is 2. The Labute approximate surface area is 163 Å². The van der Waals surface area contributed by atoms with Gasteiger partial charge in [-0.3, -0.25) is 14.5 Å². The standard InChI is InChI=1S/C14H23N5O3S.2ClH/c1-9-5-19(6-10(2)22-9)7-11-8-23-14(17-11)18-13(21)4-16-12(20)3-15;;/h8-10H,3-7,15H2,1-2H3,(H,16,20)(H,17,18,21);2*1H. The average Bonchev–Trinajstić information content (AvgIpc) is 2.90. The van der Waals surface area contributed by atoms with Crippen LogP contribution in [0.2, 0.25) is 0 Å². The summed E-state index contributed by atoms with van der Waals surface area (Å²) < 4.78 is 5.71. The third-order valence-electron chi connectivity index (χ3n) is 3.31. The number of anilines is 1. The Morgan fingerprint density at radius 3 is 2.56 bits per heavy atom. The zero-order valence-corrected chi connectivity index (χ0v) is 16.6. The number of halogens is 2. The molecule has 0 aliphatic carbocycles. The van der Waals surface area contributed by atoms with Gasteiger partial charge in [0.15, 0.2) is 5.13 Å². The van der Waals surface area contributed by atoms with Gasteiger partial charge in [-0.15, -0.1) is 36.2 Å². The quantitative estimate of drug-likeness (QED) is 0.629. The molecule has 2 heterocycles. The van der Waals surface area contributed by atoms with Crippen molar-refractivity contribution in [3.63, 3.8) is 0 Å². The molecular formula is C14H25Cl2N5O3S. The third-order valence-corrected chi connectivity index (χ3v) is 4.12. The fourth-order valence-corrected chi connectivity index (χ4v) is 3.21. The van der Waals surface area contributed by atoms with Crippen molar-refractivity contribution in [2.75, 3.05) is 31.5 Å². The van der Waals surface area contributed by atoms with Gasteiger partial charge in [0.25, 0.3) is 0 Å². The Kier molecular flexibility index (Phi) is 11.2. The fourth-order valence-electron chi connectivity index (χ4n) is 2.49. The van der Waals surface area contributed by atoms with E-state index in [-0.39, 0.29) is 61.9 Å². The van der Waals surface area contributed by atoms with Crippen LogP contribution in [0.3, 0.4) is 0 Å². The molecule has 2 amide bonds. The molecule has 25 heavy (non-hydrogen) atoms. The summed E-state index contributed by atoms with van der Waals surface area (Å²) in [4.78, 5) is 29.4. The van der Waals surface area contributed by atoms with Gasteiger partial charge in [-0.2, -0.15) is 0 Å². The van der Waals surface area contributed by atoms with Gasteiger partial charge in [0, 0.05) is 25.0 Å². The van der Waals surface area contributed by atoms with Crippen LogP contribution < -0.4 is 16.4 Å². The molecule has 1 aromatic heterocycles. The van der Waals surface area contributed by atoms with Crippen LogP contribution in [-0.4, -0.2) is 60.1 Å². The summed E-state index contributed by atoms with van der Waals surface area (Å²) in [6, 6.07) is 0. The van der Waals surface area contributed by atoms with Crippen LogP contribution in [0.25, 0.3) is 0 Å². The molecular weight excluding hydrogens is 389 g/mol. The molecule has 0 radical (unpaired) electrons. The van der Waals surface area contributed by atoms with Gasteiger partial charge in [-0.25, -0.2) is 4.98 Å². The summed E-state index contributed by atoms with van der Waals surface area (Å²) in [5, 5.41) is 7.54. The zero-order valence-electron chi connectivity index (χ0n) is 14.2. The van der Waals surface area contributed by atoms with Crippen LogP contribution >= 0.6 is 36.2 Å². The molecule has 0 bridgehead atoms. The lowest BCUT2D eigenvalue weighted by atomic mass is 10.2. The van der Waals surface area contributed by atoms with Crippen molar-refractivity contribution in [3.05, 3.63) is 11.1 Å². The SMILES string of the molecule is CC1CN(Cc2csc(NC(=O)CNC(=O)CN)n2)CC(C)O1.Cl.Cl. The first kappa shape index (κ1) is 24.0. The molecule has 1 aliphatic heterocycles. The first-order valence-electron chi connectivity index (χ1n) is 7.55. The Morgan fingerprint density at radius 1 is 1.32 bits per heavy atom. The highest BCUT2D eigenvalue weighted by atomic mass is 35.5. The molecule has 0 spiro atoms. The predicted octanol–water partition coefficient (Wildman–Crippen LogP) is 0.609. The number of ether oxygens (including phenoxy) is 1. The maximum atomic E-state index is 11.7. The number of nitrogens with one attached hydrogen (secondary N) is 2. The molecule has 8 nitrogen and oxygen atoms in total. The van der Waals surface area contributed by atoms with Crippen LogP contribution in [0, 0.1) is 0 Å². The van der Waals surface area contributed by atoms with Crippen LogP contribution in [0.5, 0.6) is 0 Å². The van der Waals surface area contributed by atoms with E-state index in [1.165, 1.54) is 11.3 Å². The number of carbonyl (C=O) groups is 2. The highest BCUT2D eigenvalue weighted by Gasteiger charge is 2.22. The van der Waals surface area contributed by atoms with Crippen molar-refractivity contribution in [1.29, 1.82) is 0 Å². The van der Waals surface area contributed by atoms with Gasteiger partial charge in [0.2, 0.25) is 11.8 Å². The molecule has 0 saturated carbocycles. The van der Waals surface area contributed by atoms with Crippen LogP contribution in [0.15, 0.2) is 5.38 Å². The fraction of sp³-hybridized carbons (Fsp3) is 0.643. The van der Waals surface area contributed by atoms with Crippen LogP contribution in [0.1, 0.15) is 19.5 Å². The molecule has 1 saturated heterocycles. The topological polar surface area (TPSA) is 110 Å². The Bertz CT molecular complexity index is 550. The minimum absolute atomic E-state index is 0. The zero-order chi connectivity index (χ0) is 16.8. The molecule has 2 rings (SSSR count). The van der Waals surface area contributed by atoms with E-state index in [1.54, 1.807) is 0 Å². The van der Waals surface area contributed by atoms with Crippen molar-refractivity contribution in [2.45, 2.75) is 32.6 Å². The molecule has 2 unspecified atom stereocenters. The lowest BCUT2D eigenvalue weighted by Gasteiger charge is -2.34. The third kappa shape index (κ3) is 8.30. The minimum atomic E-state index is -0.365. The van der Waals surface area contributed by atoms with Crippen molar-refractivity contribution in [2.24, 2.45) is 5.73 Å². The van der Waals surface area contributed by atoms with Gasteiger partial charge in [-0.05, 0) is 13.8 Å². The van der Waals surface area contributed by atoms with Gasteiger partial charge in [-0.1, -0.05) is 0 Å². The Morgan fingerprint density at radius 2 is 1.96 bits per heavy atom. The molecule has 2 atom stereocenters. The van der Waals surface area contributed by atoms with Gasteiger partial charge >= 0.3 is 0 Å². The summed E-state index contributed by atoms with van der Waals surface area (Å²) in [6.07, 6.45) is 0.422. The lowest BCUT2D eigenvalue weighted by Crippen LogP contribution is -2.44. The number of morpholine rings is 1. The number of hydrogen-bond donors (Lipinski definition) is 3. The minimum Gasteiger partial charge on any atom is -0.373 e. The van der Waals surface area contributed by atoms with Crippen molar-refractivity contribution in [3.8, 4) is 0 Å². The normalized spacial score (nSPS) is 20.1. The number of hydrogen-bond acceptors (Lipinski definition) is 7. The number of rotatable bonds is 6. The van der Waals surface area contributed by atoms with E-state index in [9.17, 15) is 9.59 Å². The first-order chi connectivity index (χ1) is 11.0. The molecule has 0 aromatic carbocycles. The average molecular weight is 414 g/mol. The van der Waals surface area contributed by atoms with Crippen LogP contribution in [-0.2, 0) is 20.9 Å². The number of nitrogens with zero attached hydrogens (tertiary/aromatic N) is 2. The lowest BCUT2D eigenvalue weighted by molar-refractivity contribution is -0.123. The second-order valence-corrected chi connectivity index (χ2v) is 6.48. The molecule has 11 heteroatoms. The van der Waals surface area contributed by atoms with Gasteiger partial charge < -0.3 is 21.1 Å². The van der Waals surface area contributed by atoms with Gasteiger partial charge in [0.05, 0.1) is 31.0 Å². The second-order valence-electron chi connectivity index (χ2n) is 5.62. The number of thiazole rings is 1. The molecule has 1 aliphatic rings. The van der Waals surface area contributed by atoms with E-state index in [1.807, 2.05) is 5.38 Å². The predicted molar refractivity (Wildman–Crippen MR) is 103 cm³/mol. The number of aromatic nitrogens is 1. The maximum absolute atomic E-state index is 11.7. The smallest absolute Gasteiger partial charge is 0.245 e. The summed E-state index contributed by atoms with van der Waals surface area (Å²) in [6.45, 7) is 6.35. The van der Waals surface area contributed by atoms with E-state index in [0.29, 0.717) is 5.13 Å². The first-order valence-corrected chi connectivity index (χ1v) is 8.43. The highest BCUT2D eigenvalue weighted by Crippen LogP contribution is 2.19. The summed E-state index contributed by atoms with van der Waals surface area (Å²) >= 11 is 1.37. The highest BCUT2D eigenvalue weighted by molar-refractivity contribution is 7.13. The monoisotopic (exact) mass is 413 g/mol. The summed E-state index contributed by atoms with van der Waals surface area (Å²) in [7, 11) is 0. The number of nitrogens with two attached hydrogens (primary N) is 1. The van der Waals surface area contributed by atoms with E-state index in [0.717, 1.165) is 25.3 Å². The van der Waals surface area contributed by atoms with E-state index in [4.69, 9.17) is 10.5 Å². The molecule has 4 N–H and O–H groups in total. The Balaban J connectivity index is 0.00000288. The second kappa shape index (κ2) is 11.6. The van der Waals surface area contributed by atoms with Crippen LogP contribution in [0.4, 0.5) is 5.13 Å². The Hall–Kier alpha value is -0.970. The molecule has 144 valence electrons. The summed E-state index contributed by atoms with van der Waals surface area (Å²) in [5.74, 6) is -0.683. The largest absolute Gasteiger partial charge is 0.373 e. The van der Waals surface area contributed by atoms with E-state index in [2.05, 4.69) is 34.4 Å². The van der Waals surface area contributed by atoms with E-state index >= 15 is 0 Å². The van der Waals surface area contributed by atoms with Crippen molar-refractivity contribution in [1.82, 2.24) is 15.2 Å². The van der Waals surface area contributed by atoms with Crippen molar-refractivity contribution < 1.29 is 14.3 Å². The van der Waals surface area contributed by atoms with Gasteiger partial charge in [0.1, 0.15) is 0 Å². The number of amides is 2. The van der Waals surface area contributed by atoms with Crippen molar-refractivity contribution >= 4 is 53.1 Å².